The molecule has 2 heterocycles. The molecule has 0 radical (unpaired) electrons. The Labute approximate surface area is 170 Å². The molecule has 0 bridgehead atoms. The Hall–Kier alpha value is -3.10. The third kappa shape index (κ3) is 3.64. The average molecular weight is 416 g/mol. The molecular weight excluding hydrogens is 397 g/mol. The highest BCUT2D eigenvalue weighted by Crippen LogP contribution is 2.29. The van der Waals surface area contributed by atoms with E-state index in [1.807, 2.05) is 18.2 Å². The fourth-order valence-corrected chi connectivity index (χ4v) is 3.31. The van der Waals surface area contributed by atoms with E-state index in [2.05, 4.69) is 15.3 Å². The number of aliphatic hydroxyl groups is 1. The van der Waals surface area contributed by atoms with Crippen LogP contribution >= 0.6 is 11.6 Å². The number of halogens is 2. The summed E-state index contributed by atoms with van der Waals surface area (Å²) in [5.41, 5.74) is 2.03. The van der Waals surface area contributed by atoms with Gasteiger partial charge in [-0.1, -0.05) is 29.8 Å². The van der Waals surface area contributed by atoms with Crippen molar-refractivity contribution in [2.45, 2.75) is 19.0 Å². The van der Waals surface area contributed by atoms with Crippen molar-refractivity contribution in [1.29, 1.82) is 5.41 Å². The lowest BCUT2D eigenvalue weighted by Gasteiger charge is -2.29. The molecule has 4 rings (SSSR count). The van der Waals surface area contributed by atoms with Gasteiger partial charge in [-0.15, -0.1) is 0 Å². The molecule has 2 aromatic carbocycles. The van der Waals surface area contributed by atoms with E-state index >= 15 is 0 Å². The standard InChI is InChI=1S/C20H19ClFN5O2/c1-20(11-28,13-5-6-14(21)15(22)9-13)26-19-24-16-4-2-3-12(17(16)25-19)10-27-7-8-29-18(27)23/h2-9,23,28H,10-11H2,1H3,(H2,24,25,26). The number of oxazole rings is 1. The van der Waals surface area contributed by atoms with E-state index in [0.717, 1.165) is 16.6 Å². The van der Waals surface area contributed by atoms with Crippen molar-refractivity contribution >= 4 is 28.6 Å². The fourth-order valence-electron chi connectivity index (χ4n) is 3.19. The van der Waals surface area contributed by atoms with Crippen LogP contribution in [0.3, 0.4) is 0 Å². The zero-order valence-electron chi connectivity index (χ0n) is 15.5. The first kappa shape index (κ1) is 19.2. The van der Waals surface area contributed by atoms with E-state index in [0.29, 0.717) is 18.1 Å². The highest BCUT2D eigenvalue weighted by molar-refractivity contribution is 6.30. The maximum atomic E-state index is 13.9. The topological polar surface area (TPSA) is 103 Å². The number of rotatable bonds is 6. The highest BCUT2D eigenvalue weighted by atomic mass is 35.5. The molecular formula is C20H19ClFN5O2. The Morgan fingerprint density at radius 3 is 2.90 bits per heavy atom. The van der Waals surface area contributed by atoms with Gasteiger partial charge in [-0.2, -0.15) is 0 Å². The number of nitrogens with zero attached hydrogens (tertiary/aromatic N) is 2. The Balaban J connectivity index is 1.68. The molecule has 0 spiro atoms. The van der Waals surface area contributed by atoms with Crippen LogP contribution in [0.15, 0.2) is 53.3 Å². The van der Waals surface area contributed by atoms with Crippen molar-refractivity contribution in [3.63, 3.8) is 0 Å². The molecule has 2 aromatic heterocycles. The van der Waals surface area contributed by atoms with Gasteiger partial charge in [0, 0.05) is 6.20 Å². The Morgan fingerprint density at radius 2 is 2.21 bits per heavy atom. The van der Waals surface area contributed by atoms with Crippen LogP contribution in [0.1, 0.15) is 18.1 Å². The fraction of sp³-hybridized carbons (Fsp3) is 0.200. The van der Waals surface area contributed by atoms with E-state index in [-0.39, 0.29) is 17.3 Å². The van der Waals surface area contributed by atoms with Crippen LogP contribution in [0.25, 0.3) is 11.0 Å². The summed E-state index contributed by atoms with van der Waals surface area (Å²) in [6.07, 6.45) is 3.14. The van der Waals surface area contributed by atoms with Crippen LogP contribution in [0.2, 0.25) is 5.02 Å². The minimum atomic E-state index is -0.979. The van der Waals surface area contributed by atoms with E-state index in [4.69, 9.17) is 21.4 Å². The third-order valence-corrected chi connectivity index (χ3v) is 5.19. The van der Waals surface area contributed by atoms with Gasteiger partial charge >= 0.3 is 0 Å². The molecule has 0 fully saturated rings. The first-order chi connectivity index (χ1) is 13.9. The van der Waals surface area contributed by atoms with Crippen LogP contribution in [0, 0.1) is 11.2 Å². The summed E-state index contributed by atoms with van der Waals surface area (Å²) in [5.74, 6) is -0.122. The second-order valence-corrected chi connectivity index (χ2v) is 7.39. The molecule has 0 aliphatic rings. The number of aromatic amines is 1. The highest BCUT2D eigenvalue weighted by Gasteiger charge is 2.28. The van der Waals surface area contributed by atoms with Crippen molar-refractivity contribution in [2.75, 3.05) is 11.9 Å². The van der Waals surface area contributed by atoms with Gasteiger partial charge in [0.2, 0.25) is 5.95 Å². The molecule has 9 heteroatoms. The lowest BCUT2D eigenvalue weighted by atomic mass is 9.93. The molecule has 0 saturated carbocycles. The van der Waals surface area contributed by atoms with Crippen LogP contribution in [-0.2, 0) is 12.1 Å². The molecule has 0 saturated heterocycles. The summed E-state index contributed by atoms with van der Waals surface area (Å²) in [6, 6.07) is 10.1. The number of aromatic nitrogens is 3. The van der Waals surface area contributed by atoms with Crippen molar-refractivity contribution in [1.82, 2.24) is 14.5 Å². The van der Waals surface area contributed by atoms with Gasteiger partial charge in [0.15, 0.2) is 0 Å². The number of imidazole rings is 1. The minimum absolute atomic E-state index is 0.0212. The molecule has 4 aromatic rings. The summed E-state index contributed by atoms with van der Waals surface area (Å²) in [6.45, 7) is 1.89. The summed E-state index contributed by atoms with van der Waals surface area (Å²) >= 11 is 5.78. The van der Waals surface area contributed by atoms with Crippen molar-refractivity contribution in [3.8, 4) is 0 Å². The van der Waals surface area contributed by atoms with Crippen LogP contribution < -0.4 is 11.0 Å². The SMILES string of the molecule is CC(CO)(Nc1nc2c(Cn3ccoc3=N)cccc2[nH]1)c1ccc(Cl)c(F)c1. The molecule has 0 aliphatic heterocycles. The maximum Gasteiger partial charge on any atom is 0.293 e. The van der Waals surface area contributed by atoms with Gasteiger partial charge in [0.05, 0.1) is 34.7 Å². The van der Waals surface area contributed by atoms with Gasteiger partial charge in [0.1, 0.15) is 12.1 Å². The Bertz CT molecular complexity index is 1230. The molecule has 150 valence electrons. The summed E-state index contributed by atoms with van der Waals surface area (Å²) in [4.78, 5) is 7.80. The van der Waals surface area contributed by atoms with Gasteiger partial charge in [-0.05, 0) is 36.2 Å². The number of nitrogens with one attached hydrogen (secondary N) is 3. The second kappa shape index (κ2) is 7.38. The van der Waals surface area contributed by atoms with E-state index < -0.39 is 11.4 Å². The number of benzene rings is 2. The third-order valence-electron chi connectivity index (χ3n) is 4.89. The normalized spacial score (nSPS) is 13.5. The van der Waals surface area contributed by atoms with Crippen molar-refractivity contribution < 1.29 is 13.9 Å². The van der Waals surface area contributed by atoms with Crippen LogP contribution in [0.4, 0.5) is 10.3 Å². The largest absolute Gasteiger partial charge is 0.432 e. The first-order valence-electron chi connectivity index (χ1n) is 8.90. The molecule has 29 heavy (non-hydrogen) atoms. The number of hydrogen-bond donors (Lipinski definition) is 4. The molecule has 4 N–H and O–H groups in total. The number of hydrogen-bond acceptors (Lipinski definition) is 5. The predicted octanol–water partition coefficient (Wildman–Crippen LogP) is 3.60. The quantitative estimate of drug-likeness (QED) is 0.386. The zero-order valence-corrected chi connectivity index (χ0v) is 16.3. The smallest absolute Gasteiger partial charge is 0.293 e. The molecule has 0 amide bonds. The average Bonchev–Trinajstić information content (AvgIpc) is 3.30. The van der Waals surface area contributed by atoms with Gasteiger partial charge in [-0.3, -0.25) is 9.98 Å². The van der Waals surface area contributed by atoms with Crippen LogP contribution in [-0.4, -0.2) is 26.2 Å². The molecule has 0 aliphatic carbocycles. The lowest BCUT2D eigenvalue weighted by molar-refractivity contribution is 0.223. The van der Waals surface area contributed by atoms with Gasteiger partial charge in [-0.25, -0.2) is 9.37 Å². The van der Waals surface area contributed by atoms with E-state index in [1.54, 1.807) is 23.8 Å². The molecule has 1 atom stereocenters. The van der Waals surface area contributed by atoms with Crippen LogP contribution in [0.5, 0.6) is 0 Å². The summed E-state index contributed by atoms with van der Waals surface area (Å²) < 4.78 is 20.6. The summed E-state index contributed by atoms with van der Waals surface area (Å²) in [7, 11) is 0. The number of fused-ring (bicyclic) bond motifs is 1. The Morgan fingerprint density at radius 1 is 1.38 bits per heavy atom. The maximum absolute atomic E-state index is 13.9. The number of para-hydroxylation sites is 1. The number of aliphatic hydroxyl groups excluding tert-OH is 1. The second-order valence-electron chi connectivity index (χ2n) is 6.98. The van der Waals surface area contributed by atoms with E-state index in [9.17, 15) is 9.50 Å². The lowest BCUT2D eigenvalue weighted by Crippen LogP contribution is -2.36. The monoisotopic (exact) mass is 415 g/mol. The summed E-state index contributed by atoms with van der Waals surface area (Å²) in [5, 5.41) is 21.0. The zero-order chi connectivity index (χ0) is 20.6. The number of H-pyrrole nitrogens is 1. The number of anilines is 1. The van der Waals surface area contributed by atoms with E-state index in [1.165, 1.54) is 18.4 Å². The Kier molecular flexibility index (Phi) is 4.89. The van der Waals surface area contributed by atoms with Gasteiger partial charge < -0.3 is 19.8 Å². The predicted molar refractivity (Wildman–Crippen MR) is 107 cm³/mol. The molecule has 7 nitrogen and oxygen atoms in total. The van der Waals surface area contributed by atoms with Crippen molar-refractivity contribution in [3.05, 3.63) is 76.5 Å². The minimum Gasteiger partial charge on any atom is -0.432 e. The first-order valence-corrected chi connectivity index (χ1v) is 9.28. The van der Waals surface area contributed by atoms with Crippen molar-refractivity contribution in [2.24, 2.45) is 0 Å². The van der Waals surface area contributed by atoms with Gasteiger partial charge in [0.25, 0.3) is 5.68 Å². The molecule has 1 unspecified atom stereocenters.